The van der Waals surface area contributed by atoms with E-state index in [4.69, 9.17) is 0 Å². The van der Waals surface area contributed by atoms with Crippen LogP contribution in [0.15, 0.2) is 29.2 Å². The molecule has 1 aliphatic heterocycles. The van der Waals surface area contributed by atoms with Crippen LogP contribution in [-0.4, -0.2) is 51.4 Å². The van der Waals surface area contributed by atoms with Gasteiger partial charge in [-0.25, -0.2) is 8.42 Å². The summed E-state index contributed by atoms with van der Waals surface area (Å²) >= 11 is 0. The van der Waals surface area contributed by atoms with E-state index >= 15 is 0 Å². The number of nitrogens with one attached hydrogen (secondary N) is 2. The second kappa shape index (κ2) is 9.66. The van der Waals surface area contributed by atoms with Gasteiger partial charge in [-0.3, -0.25) is 4.79 Å². The van der Waals surface area contributed by atoms with E-state index in [9.17, 15) is 13.2 Å². The molecule has 0 aromatic heterocycles. The van der Waals surface area contributed by atoms with Crippen LogP contribution in [0.1, 0.15) is 45.6 Å². The maximum absolute atomic E-state index is 12.5. The second-order valence-corrected chi connectivity index (χ2v) is 9.51. The third-order valence-corrected chi connectivity index (χ3v) is 7.49. The molecule has 0 bridgehead atoms. The molecule has 1 fully saturated rings. The molecule has 1 heterocycles. The summed E-state index contributed by atoms with van der Waals surface area (Å²) in [6.45, 7) is 9.53. The molecule has 6 nitrogen and oxygen atoms in total. The number of amides is 1. The average Bonchev–Trinajstić information content (AvgIpc) is 2.66. The summed E-state index contributed by atoms with van der Waals surface area (Å²) in [5.74, 6) is 0.0506. The highest BCUT2D eigenvalue weighted by atomic mass is 32.2. The highest BCUT2D eigenvalue weighted by Gasteiger charge is 2.27. The zero-order valence-electron chi connectivity index (χ0n) is 16.8. The van der Waals surface area contributed by atoms with E-state index in [0.717, 1.165) is 31.5 Å². The van der Waals surface area contributed by atoms with Gasteiger partial charge in [-0.15, -0.1) is 0 Å². The van der Waals surface area contributed by atoms with E-state index in [1.54, 1.807) is 24.3 Å². The predicted molar refractivity (Wildman–Crippen MR) is 108 cm³/mol. The van der Waals surface area contributed by atoms with Crippen LogP contribution in [0.2, 0.25) is 0 Å². The SMILES string of the molecule is CCN(CC)S(=O)(=O)c1ccc(CCC(=O)NCC2(C)CCNCC2)cc1. The number of rotatable bonds is 9. The van der Waals surface area contributed by atoms with Gasteiger partial charge in [0.1, 0.15) is 0 Å². The van der Waals surface area contributed by atoms with Crippen LogP contribution in [0, 0.1) is 5.41 Å². The fraction of sp³-hybridized carbons (Fsp3) is 0.650. The molecule has 0 spiro atoms. The summed E-state index contributed by atoms with van der Waals surface area (Å²) in [6.07, 6.45) is 3.18. The van der Waals surface area contributed by atoms with Crippen molar-refractivity contribution in [3.63, 3.8) is 0 Å². The van der Waals surface area contributed by atoms with Crippen molar-refractivity contribution in [1.29, 1.82) is 0 Å². The number of hydrogen-bond acceptors (Lipinski definition) is 4. The van der Waals surface area contributed by atoms with E-state index in [0.29, 0.717) is 37.4 Å². The van der Waals surface area contributed by atoms with Gasteiger partial charge in [0.25, 0.3) is 0 Å². The quantitative estimate of drug-likeness (QED) is 0.672. The monoisotopic (exact) mass is 395 g/mol. The molecular formula is C20H33N3O3S. The third-order valence-electron chi connectivity index (χ3n) is 5.43. The van der Waals surface area contributed by atoms with Gasteiger partial charge in [-0.2, -0.15) is 4.31 Å². The van der Waals surface area contributed by atoms with Crippen LogP contribution < -0.4 is 10.6 Å². The molecule has 2 rings (SSSR count). The molecule has 1 aromatic carbocycles. The molecule has 1 amide bonds. The zero-order chi connectivity index (χ0) is 19.9. The van der Waals surface area contributed by atoms with Gasteiger partial charge >= 0.3 is 0 Å². The maximum atomic E-state index is 12.5. The van der Waals surface area contributed by atoms with E-state index < -0.39 is 10.0 Å². The van der Waals surface area contributed by atoms with Gasteiger partial charge in [0.2, 0.25) is 15.9 Å². The lowest BCUT2D eigenvalue weighted by Crippen LogP contribution is -2.42. The molecule has 27 heavy (non-hydrogen) atoms. The number of nitrogens with zero attached hydrogens (tertiary/aromatic N) is 1. The van der Waals surface area contributed by atoms with Crippen molar-refractivity contribution < 1.29 is 13.2 Å². The van der Waals surface area contributed by atoms with Crippen molar-refractivity contribution in [3.8, 4) is 0 Å². The Bertz CT molecular complexity index is 706. The number of piperidine rings is 1. The van der Waals surface area contributed by atoms with Crippen LogP contribution in [0.25, 0.3) is 0 Å². The molecular weight excluding hydrogens is 362 g/mol. The Kier molecular flexibility index (Phi) is 7.82. The predicted octanol–water partition coefficient (Wildman–Crippen LogP) is 2.16. The normalized spacial score (nSPS) is 17.0. The molecule has 0 saturated carbocycles. The summed E-state index contributed by atoms with van der Waals surface area (Å²) < 4.78 is 26.4. The number of benzene rings is 1. The Balaban J connectivity index is 1.85. The van der Waals surface area contributed by atoms with Crippen molar-refractivity contribution in [2.45, 2.75) is 51.3 Å². The second-order valence-electron chi connectivity index (χ2n) is 7.57. The van der Waals surface area contributed by atoms with E-state index in [2.05, 4.69) is 17.6 Å². The first kappa shape index (κ1) is 21.9. The minimum Gasteiger partial charge on any atom is -0.356 e. The lowest BCUT2D eigenvalue weighted by molar-refractivity contribution is -0.121. The Morgan fingerprint density at radius 3 is 2.30 bits per heavy atom. The number of aryl methyl sites for hydroxylation is 1. The lowest BCUT2D eigenvalue weighted by Gasteiger charge is -2.34. The average molecular weight is 396 g/mol. The first-order chi connectivity index (χ1) is 12.8. The van der Waals surface area contributed by atoms with Crippen molar-refractivity contribution in [3.05, 3.63) is 29.8 Å². The highest BCUT2D eigenvalue weighted by molar-refractivity contribution is 7.89. The van der Waals surface area contributed by atoms with Crippen LogP contribution in [-0.2, 0) is 21.2 Å². The minimum atomic E-state index is -3.43. The molecule has 0 unspecified atom stereocenters. The van der Waals surface area contributed by atoms with Crippen molar-refractivity contribution in [1.82, 2.24) is 14.9 Å². The Labute approximate surface area is 163 Å². The number of hydrogen-bond donors (Lipinski definition) is 2. The molecule has 7 heteroatoms. The molecule has 0 aliphatic carbocycles. The fourth-order valence-corrected chi connectivity index (χ4v) is 4.86. The third kappa shape index (κ3) is 6.02. The summed E-state index contributed by atoms with van der Waals surface area (Å²) in [7, 11) is -3.43. The van der Waals surface area contributed by atoms with E-state index in [1.165, 1.54) is 4.31 Å². The number of carbonyl (C=O) groups excluding carboxylic acids is 1. The Morgan fingerprint density at radius 2 is 1.74 bits per heavy atom. The zero-order valence-corrected chi connectivity index (χ0v) is 17.6. The summed E-state index contributed by atoms with van der Waals surface area (Å²) in [6, 6.07) is 6.88. The van der Waals surface area contributed by atoms with Crippen LogP contribution >= 0.6 is 0 Å². The molecule has 0 radical (unpaired) electrons. The van der Waals surface area contributed by atoms with Crippen molar-refractivity contribution in [2.24, 2.45) is 5.41 Å². The van der Waals surface area contributed by atoms with Gasteiger partial charge in [0, 0.05) is 26.1 Å². The van der Waals surface area contributed by atoms with E-state index in [-0.39, 0.29) is 11.3 Å². The minimum absolute atomic E-state index is 0.0506. The smallest absolute Gasteiger partial charge is 0.243 e. The van der Waals surface area contributed by atoms with Gasteiger partial charge in [-0.1, -0.05) is 32.9 Å². The first-order valence-corrected chi connectivity index (χ1v) is 11.3. The number of sulfonamides is 1. The Morgan fingerprint density at radius 1 is 1.15 bits per heavy atom. The van der Waals surface area contributed by atoms with Crippen LogP contribution in [0.4, 0.5) is 0 Å². The lowest BCUT2D eigenvalue weighted by atomic mass is 9.81. The first-order valence-electron chi connectivity index (χ1n) is 9.87. The molecule has 0 atom stereocenters. The largest absolute Gasteiger partial charge is 0.356 e. The van der Waals surface area contributed by atoms with Gasteiger partial charge < -0.3 is 10.6 Å². The van der Waals surface area contributed by atoms with Gasteiger partial charge in [0.15, 0.2) is 0 Å². The number of carbonyl (C=O) groups is 1. The van der Waals surface area contributed by atoms with Gasteiger partial charge in [-0.05, 0) is 55.5 Å². The molecule has 2 N–H and O–H groups in total. The van der Waals surface area contributed by atoms with Crippen molar-refractivity contribution >= 4 is 15.9 Å². The van der Waals surface area contributed by atoms with Crippen molar-refractivity contribution in [2.75, 3.05) is 32.7 Å². The topological polar surface area (TPSA) is 78.5 Å². The van der Waals surface area contributed by atoms with Crippen LogP contribution in [0.3, 0.4) is 0 Å². The van der Waals surface area contributed by atoms with Crippen LogP contribution in [0.5, 0.6) is 0 Å². The molecule has 1 saturated heterocycles. The standard InChI is InChI=1S/C20H33N3O3S/c1-4-23(5-2)27(25,26)18-9-6-17(7-10-18)8-11-19(24)22-16-20(3)12-14-21-15-13-20/h6-7,9-10,21H,4-5,8,11-16H2,1-3H3,(H,22,24). The van der Waals surface area contributed by atoms with Gasteiger partial charge in [0.05, 0.1) is 4.90 Å². The van der Waals surface area contributed by atoms with E-state index in [1.807, 2.05) is 13.8 Å². The molecule has 1 aromatic rings. The molecule has 1 aliphatic rings. The summed E-state index contributed by atoms with van der Waals surface area (Å²) in [5.41, 5.74) is 1.15. The summed E-state index contributed by atoms with van der Waals surface area (Å²) in [4.78, 5) is 12.5. The maximum Gasteiger partial charge on any atom is 0.243 e. The fourth-order valence-electron chi connectivity index (χ4n) is 3.41. The molecule has 152 valence electrons. The Hall–Kier alpha value is -1.44. The highest BCUT2D eigenvalue weighted by Crippen LogP contribution is 2.26. The summed E-state index contributed by atoms with van der Waals surface area (Å²) in [5, 5.41) is 6.40.